The van der Waals surface area contributed by atoms with Gasteiger partial charge in [0.2, 0.25) is 0 Å². The number of rotatable bonds is 4. The zero-order chi connectivity index (χ0) is 13.0. The van der Waals surface area contributed by atoms with E-state index in [1.807, 2.05) is 12.1 Å². The maximum Gasteiger partial charge on any atom is 0.171 e. The van der Waals surface area contributed by atoms with E-state index < -0.39 is 0 Å². The molecule has 0 atom stereocenters. The number of aldehydes is 1. The highest BCUT2D eigenvalue weighted by Gasteiger charge is 2.22. The first kappa shape index (κ1) is 12.9. The Morgan fingerprint density at radius 1 is 1.17 bits per heavy atom. The third kappa shape index (κ3) is 2.34. The minimum atomic E-state index is 0.468. The number of methoxy groups -OCH3 is 2. The van der Waals surface area contributed by atoms with Crippen molar-refractivity contribution in [1.82, 2.24) is 5.32 Å². The van der Waals surface area contributed by atoms with E-state index in [4.69, 9.17) is 9.47 Å². The van der Waals surface area contributed by atoms with Crippen molar-refractivity contribution in [2.75, 3.05) is 27.3 Å². The van der Waals surface area contributed by atoms with Crippen LogP contribution in [0.2, 0.25) is 0 Å². The number of hydrogen-bond donors (Lipinski definition) is 1. The largest absolute Gasteiger partial charge is 0.493 e. The predicted octanol–water partition coefficient (Wildman–Crippen LogP) is 1.98. The molecule has 0 saturated carbocycles. The van der Waals surface area contributed by atoms with E-state index in [1.165, 1.54) is 0 Å². The van der Waals surface area contributed by atoms with Gasteiger partial charge in [-0.2, -0.15) is 0 Å². The molecule has 4 heteroatoms. The minimum Gasteiger partial charge on any atom is -0.493 e. The molecule has 98 valence electrons. The van der Waals surface area contributed by atoms with Crippen molar-refractivity contribution in [2.45, 2.75) is 18.8 Å². The predicted molar refractivity (Wildman–Crippen MR) is 69.8 cm³/mol. The first-order valence-electron chi connectivity index (χ1n) is 6.22. The Hall–Kier alpha value is -1.55. The number of ether oxygens (including phenoxy) is 2. The molecule has 1 aromatic carbocycles. The number of carbonyl (C=O) groups is 1. The summed E-state index contributed by atoms with van der Waals surface area (Å²) < 4.78 is 10.8. The van der Waals surface area contributed by atoms with Crippen LogP contribution in [0.4, 0.5) is 0 Å². The van der Waals surface area contributed by atoms with E-state index in [9.17, 15) is 4.79 Å². The Bertz CT molecular complexity index is 425. The van der Waals surface area contributed by atoms with Crippen molar-refractivity contribution in [2.24, 2.45) is 0 Å². The maximum absolute atomic E-state index is 11.0. The van der Waals surface area contributed by atoms with Gasteiger partial charge in [-0.15, -0.1) is 0 Å². The fourth-order valence-corrected chi connectivity index (χ4v) is 2.56. The number of nitrogens with one attached hydrogen (secondary N) is 1. The Morgan fingerprint density at radius 2 is 1.83 bits per heavy atom. The highest BCUT2D eigenvalue weighted by Crippen LogP contribution is 2.40. The normalized spacial score (nSPS) is 16.3. The molecule has 0 spiro atoms. The van der Waals surface area contributed by atoms with Gasteiger partial charge in [-0.25, -0.2) is 0 Å². The number of piperidine rings is 1. The Morgan fingerprint density at radius 3 is 2.39 bits per heavy atom. The molecule has 1 aromatic rings. The van der Waals surface area contributed by atoms with E-state index >= 15 is 0 Å². The number of hydrogen-bond acceptors (Lipinski definition) is 4. The topological polar surface area (TPSA) is 47.6 Å². The molecule has 1 aliphatic rings. The van der Waals surface area contributed by atoms with Crippen molar-refractivity contribution in [3.8, 4) is 11.5 Å². The molecule has 0 radical (unpaired) electrons. The van der Waals surface area contributed by atoms with Crippen LogP contribution in [0.5, 0.6) is 11.5 Å². The van der Waals surface area contributed by atoms with Crippen LogP contribution >= 0.6 is 0 Å². The second-order valence-electron chi connectivity index (χ2n) is 4.45. The van der Waals surface area contributed by atoms with Crippen LogP contribution in [0.25, 0.3) is 0 Å². The highest BCUT2D eigenvalue weighted by molar-refractivity contribution is 5.82. The summed E-state index contributed by atoms with van der Waals surface area (Å²) in [5.41, 5.74) is 1.67. The van der Waals surface area contributed by atoms with E-state index in [1.54, 1.807) is 14.2 Å². The van der Waals surface area contributed by atoms with Gasteiger partial charge in [-0.05, 0) is 37.9 Å². The molecule has 2 rings (SSSR count). The summed E-state index contributed by atoms with van der Waals surface area (Å²) in [7, 11) is 3.19. The van der Waals surface area contributed by atoms with Crippen LogP contribution in [0.3, 0.4) is 0 Å². The lowest BCUT2D eigenvalue weighted by atomic mass is 9.88. The van der Waals surface area contributed by atoms with Crippen LogP contribution in [-0.2, 0) is 0 Å². The standard InChI is InChI=1S/C14H19NO3/c1-17-13-11(9-16)3-4-12(14(13)18-2)10-5-7-15-8-6-10/h3-4,9-10,15H,5-8H2,1-2H3. The summed E-state index contributed by atoms with van der Waals surface area (Å²) in [6.07, 6.45) is 2.97. The van der Waals surface area contributed by atoms with Crippen molar-refractivity contribution < 1.29 is 14.3 Å². The van der Waals surface area contributed by atoms with Crippen LogP contribution in [0.1, 0.15) is 34.7 Å². The summed E-state index contributed by atoms with van der Waals surface area (Å²) >= 11 is 0. The molecule has 1 heterocycles. The van der Waals surface area contributed by atoms with Gasteiger partial charge in [0.25, 0.3) is 0 Å². The smallest absolute Gasteiger partial charge is 0.171 e. The fraction of sp³-hybridized carbons (Fsp3) is 0.500. The lowest BCUT2D eigenvalue weighted by Gasteiger charge is -2.25. The Labute approximate surface area is 107 Å². The van der Waals surface area contributed by atoms with Crippen LogP contribution in [0.15, 0.2) is 12.1 Å². The number of benzene rings is 1. The third-order valence-electron chi connectivity index (χ3n) is 3.49. The average Bonchev–Trinajstić information content (AvgIpc) is 2.46. The van der Waals surface area contributed by atoms with Crippen LogP contribution < -0.4 is 14.8 Å². The van der Waals surface area contributed by atoms with Gasteiger partial charge >= 0.3 is 0 Å². The molecule has 0 unspecified atom stereocenters. The van der Waals surface area contributed by atoms with Gasteiger partial charge in [0, 0.05) is 5.56 Å². The lowest BCUT2D eigenvalue weighted by molar-refractivity contribution is 0.112. The molecular formula is C14H19NO3. The van der Waals surface area contributed by atoms with E-state index in [-0.39, 0.29) is 0 Å². The molecule has 0 aromatic heterocycles. The van der Waals surface area contributed by atoms with E-state index in [0.29, 0.717) is 23.0 Å². The maximum atomic E-state index is 11.0. The first-order chi connectivity index (χ1) is 8.81. The summed E-state index contributed by atoms with van der Waals surface area (Å²) in [5, 5.41) is 3.34. The summed E-state index contributed by atoms with van der Waals surface area (Å²) in [4.78, 5) is 11.0. The zero-order valence-corrected chi connectivity index (χ0v) is 10.9. The molecule has 0 bridgehead atoms. The summed E-state index contributed by atoms with van der Waals surface area (Å²) in [5.74, 6) is 1.72. The fourth-order valence-electron chi connectivity index (χ4n) is 2.56. The molecule has 1 fully saturated rings. The zero-order valence-electron chi connectivity index (χ0n) is 10.9. The van der Waals surface area contributed by atoms with E-state index in [2.05, 4.69) is 5.32 Å². The van der Waals surface area contributed by atoms with Crippen molar-refractivity contribution >= 4 is 6.29 Å². The monoisotopic (exact) mass is 249 g/mol. The molecule has 0 aliphatic carbocycles. The molecular weight excluding hydrogens is 230 g/mol. The molecule has 1 saturated heterocycles. The van der Waals surface area contributed by atoms with Gasteiger partial charge < -0.3 is 14.8 Å². The second kappa shape index (κ2) is 5.87. The third-order valence-corrected chi connectivity index (χ3v) is 3.49. The van der Waals surface area contributed by atoms with Gasteiger partial charge in [0.15, 0.2) is 17.8 Å². The SMILES string of the molecule is COc1c(C=O)ccc(C2CCNCC2)c1OC. The summed E-state index contributed by atoms with van der Waals surface area (Å²) in [6.45, 7) is 2.04. The Balaban J connectivity index is 2.43. The van der Waals surface area contributed by atoms with Gasteiger partial charge in [0.05, 0.1) is 19.8 Å². The second-order valence-corrected chi connectivity index (χ2v) is 4.45. The van der Waals surface area contributed by atoms with E-state index in [0.717, 1.165) is 37.8 Å². The number of carbonyl (C=O) groups excluding carboxylic acids is 1. The van der Waals surface area contributed by atoms with Crippen molar-refractivity contribution in [1.29, 1.82) is 0 Å². The van der Waals surface area contributed by atoms with Gasteiger partial charge in [-0.1, -0.05) is 6.07 Å². The average molecular weight is 249 g/mol. The summed E-state index contributed by atoms with van der Waals surface area (Å²) in [6, 6.07) is 3.80. The van der Waals surface area contributed by atoms with Crippen LogP contribution in [0, 0.1) is 0 Å². The molecule has 4 nitrogen and oxygen atoms in total. The minimum absolute atomic E-state index is 0.468. The van der Waals surface area contributed by atoms with Gasteiger partial charge in [-0.3, -0.25) is 4.79 Å². The van der Waals surface area contributed by atoms with Gasteiger partial charge in [0.1, 0.15) is 0 Å². The molecule has 18 heavy (non-hydrogen) atoms. The molecule has 1 N–H and O–H groups in total. The lowest BCUT2D eigenvalue weighted by Crippen LogP contribution is -2.26. The highest BCUT2D eigenvalue weighted by atomic mass is 16.5. The van der Waals surface area contributed by atoms with Crippen molar-refractivity contribution in [3.05, 3.63) is 23.3 Å². The first-order valence-corrected chi connectivity index (χ1v) is 6.22. The Kier molecular flexibility index (Phi) is 4.20. The van der Waals surface area contributed by atoms with Crippen LogP contribution in [-0.4, -0.2) is 33.6 Å². The molecule has 0 amide bonds. The van der Waals surface area contributed by atoms with Crippen molar-refractivity contribution in [3.63, 3.8) is 0 Å². The quantitative estimate of drug-likeness (QED) is 0.829. The molecule has 1 aliphatic heterocycles.